The third-order valence-corrected chi connectivity index (χ3v) is 9.85. The molecule has 10 aromatic rings. The molecule has 0 saturated carbocycles. The Balaban J connectivity index is 1.26. The van der Waals surface area contributed by atoms with Gasteiger partial charge in [0.05, 0.1) is 5.52 Å². The van der Waals surface area contributed by atoms with E-state index in [-0.39, 0.29) is 0 Å². The van der Waals surface area contributed by atoms with Crippen LogP contribution in [0.25, 0.3) is 75.0 Å². The maximum atomic E-state index is 6.34. The second-order valence-corrected chi connectivity index (χ2v) is 12.3. The minimum absolute atomic E-state index is 0.857. The lowest BCUT2D eigenvalue weighted by atomic mass is 10.1. The Kier molecular flexibility index (Phi) is 4.84. The average molecular weight is 583 g/mol. The normalized spacial score (nSPS) is 12.1. The number of benzene rings is 6. The van der Waals surface area contributed by atoms with Crippen LogP contribution >= 0.6 is 11.3 Å². The molecule has 206 valence electrons. The van der Waals surface area contributed by atoms with E-state index >= 15 is 0 Å². The highest BCUT2D eigenvalue weighted by Crippen LogP contribution is 2.44. The smallest absolute Gasteiger partial charge is 0.136 e. The van der Waals surface area contributed by atoms with Crippen molar-refractivity contribution in [3.05, 3.63) is 134 Å². The first-order valence-electron chi connectivity index (χ1n) is 14.6. The maximum Gasteiger partial charge on any atom is 0.136 e. The van der Waals surface area contributed by atoms with E-state index in [4.69, 9.17) is 8.83 Å². The van der Waals surface area contributed by atoms with E-state index in [0.29, 0.717) is 0 Å². The molecule has 4 heterocycles. The van der Waals surface area contributed by atoms with Gasteiger partial charge in [-0.25, -0.2) is 0 Å². The van der Waals surface area contributed by atoms with Crippen molar-refractivity contribution in [2.24, 2.45) is 0 Å². The van der Waals surface area contributed by atoms with Crippen LogP contribution in [0.4, 0.5) is 17.1 Å². The van der Waals surface area contributed by atoms with Crippen molar-refractivity contribution in [2.75, 3.05) is 4.90 Å². The molecule has 0 spiro atoms. The van der Waals surface area contributed by atoms with E-state index in [1.807, 2.05) is 47.9 Å². The summed E-state index contributed by atoms with van der Waals surface area (Å²) in [6.07, 6.45) is 1.84. The summed E-state index contributed by atoms with van der Waals surface area (Å²) in [6, 6.07) is 44.8. The summed E-state index contributed by atoms with van der Waals surface area (Å²) in [4.78, 5) is 6.95. The molecule has 0 N–H and O–H groups in total. The maximum absolute atomic E-state index is 6.34. The summed E-state index contributed by atoms with van der Waals surface area (Å²) < 4.78 is 15.1. The minimum atomic E-state index is 0.857. The van der Waals surface area contributed by atoms with Crippen LogP contribution in [0, 0.1) is 0 Å². The quantitative estimate of drug-likeness (QED) is 0.208. The third kappa shape index (κ3) is 3.41. The second kappa shape index (κ2) is 8.93. The molecule has 5 heteroatoms. The fourth-order valence-electron chi connectivity index (χ4n) is 6.71. The summed E-state index contributed by atoms with van der Waals surface area (Å²) in [5.74, 6) is 0. The number of rotatable bonds is 3. The van der Waals surface area contributed by atoms with Crippen LogP contribution in [0.2, 0.25) is 0 Å². The van der Waals surface area contributed by atoms with Gasteiger partial charge in [-0.05, 0) is 84.9 Å². The molecule has 4 aromatic heterocycles. The Morgan fingerprint density at radius 1 is 0.455 bits per heavy atom. The molecule has 0 atom stereocenters. The zero-order chi connectivity index (χ0) is 28.8. The van der Waals surface area contributed by atoms with Crippen LogP contribution in [0.3, 0.4) is 0 Å². The van der Waals surface area contributed by atoms with Crippen LogP contribution in [-0.4, -0.2) is 4.98 Å². The van der Waals surface area contributed by atoms with E-state index in [9.17, 15) is 0 Å². The first-order valence-corrected chi connectivity index (χ1v) is 15.4. The Hall–Kier alpha value is -5.65. The summed E-state index contributed by atoms with van der Waals surface area (Å²) in [6.45, 7) is 0. The Morgan fingerprint density at radius 3 is 1.95 bits per heavy atom. The molecule has 0 aliphatic carbocycles. The number of hydrogen-bond donors (Lipinski definition) is 0. The predicted octanol–water partition coefficient (Wildman–Crippen LogP) is 11.9. The lowest BCUT2D eigenvalue weighted by Gasteiger charge is -2.26. The topological polar surface area (TPSA) is 42.4 Å². The van der Waals surface area contributed by atoms with Gasteiger partial charge in [0, 0.05) is 70.4 Å². The number of anilines is 3. The molecule has 10 rings (SSSR count). The standard InChI is InChI=1S/C39H22N2O2S/c1-3-9-33-26(6-1)29-20-23(11-15-34(29)42-33)41(25-13-18-38-30(21-25)27-7-2-4-10-37(27)44-38)24-12-16-35-31(22-24)39-28-8-5-19-40-32(28)14-17-36(39)43-35/h1-22H. The second-order valence-electron chi connectivity index (χ2n) is 11.2. The fourth-order valence-corrected chi connectivity index (χ4v) is 7.80. The monoisotopic (exact) mass is 582 g/mol. The first-order chi connectivity index (χ1) is 21.8. The number of hydrogen-bond acceptors (Lipinski definition) is 5. The van der Waals surface area contributed by atoms with Crippen molar-refractivity contribution >= 4 is 103 Å². The lowest BCUT2D eigenvalue weighted by Crippen LogP contribution is -2.09. The molecule has 0 saturated heterocycles. The molecule has 0 aliphatic heterocycles. The van der Waals surface area contributed by atoms with Crippen LogP contribution < -0.4 is 4.90 Å². The zero-order valence-electron chi connectivity index (χ0n) is 23.3. The number of pyridine rings is 1. The van der Waals surface area contributed by atoms with Gasteiger partial charge in [-0.3, -0.25) is 4.98 Å². The molecular weight excluding hydrogens is 561 g/mol. The number of furan rings is 2. The molecule has 4 nitrogen and oxygen atoms in total. The molecule has 0 radical (unpaired) electrons. The van der Waals surface area contributed by atoms with Crippen LogP contribution in [0.1, 0.15) is 0 Å². The highest BCUT2D eigenvalue weighted by atomic mass is 32.1. The Morgan fingerprint density at radius 2 is 1.07 bits per heavy atom. The molecule has 44 heavy (non-hydrogen) atoms. The van der Waals surface area contributed by atoms with Gasteiger partial charge in [0.2, 0.25) is 0 Å². The van der Waals surface area contributed by atoms with E-state index in [1.54, 1.807) is 0 Å². The van der Waals surface area contributed by atoms with Crippen molar-refractivity contribution in [1.82, 2.24) is 4.98 Å². The molecule has 0 fully saturated rings. The average Bonchev–Trinajstić information content (AvgIpc) is 3.76. The van der Waals surface area contributed by atoms with Gasteiger partial charge < -0.3 is 13.7 Å². The highest BCUT2D eigenvalue weighted by molar-refractivity contribution is 7.25. The van der Waals surface area contributed by atoms with E-state index in [1.165, 1.54) is 20.2 Å². The van der Waals surface area contributed by atoms with Crippen molar-refractivity contribution in [3.8, 4) is 0 Å². The summed E-state index contributed by atoms with van der Waals surface area (Å²) in [5.41, 5.74) is 7.64. The van der Waals surface area contributed by atoms with Gasteiger partial charge >= 0.3 is 0 Å². The number of nitrogens with zero attached hydrogens (tertiary/aromatic N) is 2. The van der Waals surface area contributed by atoms with Gasteiger partial charge in [-0.2, -0.15) is 0 Å². The largest absolute Gasteiger partial charge is 0.456 e. The molecule has 0 unspecified atom stereocenters. The predicted molar refractivity (Wildman–Crippen MR) is 184 cm³/mol. The minimum Gasteiger partial charge on any atom is -0.456 e. The molecule has 0 bridgehead atoms. The van der Waals surface area contributed by atoms with Crippen LogP contribution in [-0.2, 0) is 0 Å². The highest BCUT2D eigenvalue weighted by Gasteiger charge is 2.19. The van der Waals surface area contributed by atoms with Crippen LogP contribution in [0.15, 0.2) is 142 Å². The first kappa shape index (κ1) is 23.9. The third-order valence-electron chi connectivity index (χ3n) is 8.69. The van der Waals surface area contributed by atoms with E-state index in [0.717, 1.165) is 71.8 Å². The summed E-state index contributed by atoms with van der Waals surface area (Å²) in [7, 11) is 0. The van der Waals surface area contributed by atoms with Gasteiger partial charge in [0.15, 0.2) is 0 Å². The Labute approximate surface area is 255 Å². The number of thiophene rings is 1. The van der Waals surface area contributed by atoms with Crippen molar-refractivity contribution < 1.29 is 8.83 Å². The SMILES string of the molecule is c1ccc2c(c1)oc1ccc(N(c3ccc4sc5ccccc5c4c3)c3ccc4oc5ccc6ncccc6c5c4c3)cc12. The van der Waals surface area contributed by atoms with E-state index < -0.39 is 0 Å². The molecule has 6 aromatic carbocycles. The van der Waals surface area contributed by atoms with Gasteiger partial charge in [0.1, 0.15) is 22.3 Å². The molecule has 0 aliphatic rings. The number of fused-ring (bicyclic) bond motifs is 11. The van der Waals surface area contributed by atoms with Crippen LogP contribution in [0.5, 0.6) is 0 Å². The molecular formula is C39H22N2O2S. The lowest BCUT2D eigenvalue weighted by molar-refractivity contribution is 0.669. The van der Waals surface area contributed by atoms with Gasteiger partial charge in [0.25, 0.3) is 0 Å². The van der Waals surface area contributed by atoms with Crippen molar-refractivity contribution in [2.45, 2.75) is 0 Å². The number of para-hydroxylation sites is 1. The van der Waals surface area contributed by atoms with Crippen molar-refractivity contribution in [1.29, 1.82) is 0 Å². The summed E-state index contributed by atoms with van der Waals surface area (Å²) >= 11 is 1.83. The van der Waals surface area contributed by atoms with E-state index in [2.05, 4.69) is 107 Å². The molecule has 0 amide bonds. The number of aromatic nitrogens is 1. The van der Waals surface area contributed by atoms with Gasteiger partial charge in [-0.15, -0.1) is 11.3 Å². The van der Waals surface area contributed by atoms with Crippen molar-refractivity contribution in [3.63, 3.8) is 0 Å². The zero-order valence-corrected chi connectivity index (χ0v) is 24.1. The fraction of sp³-hybridized carbons (Fsp3) is 0. The summed E-state index contributed by atoms with van der Waals surface area (Å²) in [5, 5.41) is 7.98. The van der Waals surface area contributed by atoms with Gasteiger partial charge in [-0.1, -0.05) is 42.5 Å². The Bertz CT molecular complexity index is 2640.